The number of carbonyl (C=O) groups excluding carboxylic acids is 1. The van der Waals surface area contributed by atoms with E-state index in [2.05, 4.69) is 25.9 Å². The average molecular weight is 438 g/mol. The van der Waals surface area contributed by atoms with Crippen LogP contribution < -0.4 is 0 Å². The molecule has 1 unspecified atom stereocenters. The zero-order chi connectivity index (χ0) is 17.9. The first-order chi connectivity index (χ1) is 11.2. The summed E-state index contributed by atoms with van der Waals surface area (Å²) in [5.74, 6) is -0.681. The number of aromatic nitrogens is 1. The molecule has 1 aromatic heterocycles. The average Bonchev–Trinajstić information content (AvgIpc) is 2.49. The van der Waals surface area contributed by atoms with Crippen molar-refractivity contribution in [3.8, 4) is 0 Å². The van der Waals surface area contributed by atoms with Crippen LogP contribution in [-0.4, -0.2) is 26.2 Å². The molecule has 0 aromatic carbocycles. The number of rotatable bonds is 2. The molecule has 130 valence electrons. The molecular formula is C14H14BrF2N3O2S2. The maximum Gasteiger partial charge on any atom is 0.428 e. The number of amidine groups is 1. The number of nitrogens with zero attached hydrogens (tertiary/aromatic N) is 3. The molecular weight excluding hydrogens is 424 g/mol. The third-order valence-corrected chi connectivity index (χ3v) is 4.44. The molecule has 0 bridgehead atoms. The lowest BCUT2D eigenvalue weighted by Gasteiger charge is -2.25. The highest BCUT2D eigenvalue weighted by Crippen LogP contribution is 2.33. The standard InChI is InChI=1S/C14H14BrF2N3O2S2/c1-14(2,3)22-13(21)20(24-17)12-19-10(4-5-23-12)9-6-8(15)7-18-11(9)16/h4-7,10H,1-3H3. The number of amides is 1. The van der Waals surface area contributed by atoms with Gasteiger partial charge in [0.25, 0.3) is 0 Å². The molecule has 1 aromatic rings. The predicted molar refractivity (Wildman–Crippen MR) is 95.6 cm³/mol. The number of halogens is 3. The van der Waals surface area contributed by atoms with Gasteiger partial charge in [-0.05, 0) is 54.3 Å². The highest BCUT2D eigenvalue weighted by Gasteiger charge is 2.30. The van der Waals surface area contributed by atoms with E-state index in [1.54, 1.807) is 32.3 Å². The van der Waals surface area contributed by atoms with E-state index in [4.69, 9.17) is 4.74 Å². The van der Waals surface area contributed by atoms with Crippen molar-refractivity contribution in [1.82, 2.24) is 9.29 Å². The van der Waals surface area contributed by atoms with Gasteiger partial charge in [-0.2, -0.15) is 8.70 Å². The third-order valence-electron chi connectivity index (χ3n) is 2.64. The first-order valence-corrected chi connectivity index (χ1v) is 9.10. The van der Waals surface area contributed by atoms with Crippen molar-refractivity contribution in [3.05, 3.63) is 39.7 Å². The molecule has 0 aliphatic carbocycles. The van der Waals surface area contributed by atoms with Crippen molar-refractivity contribution < 1.29 is 17.8 Å². The summed E-state index contributed by atoms with van der Waals surface area (Å²) in [6.45, 7) is 5.02. The van der Waals surface area contributed by atoms with E-state index < -0.39 is 23.7 Å². The summed E-state index contributed by atoms with van der Waals surface area (Å²) in [4.78, 5) is 19.9. The second kappa shape index (κ2) is 7.83. The monoisotopic (exact) mass is 437 g/mol. The fourth-order valence-corrected chi connectivity index (χ4v) is 3.18. The van der Waals surface area contributed by atoms with Crippen molar-refractivity contribution in [1.29, 1.82) is 0 Å². The number of ether oxygens (including phenoxy) is 1. The summed E-state index contributed by atoms with van der Waals surface area (Å²) >= 11 is 3.94. The van der Waals surface area contributed by atoms with E-state index in [1.807, 2.05) is 0 Å². The quantitative estimate of drug-likeness (QED) is 0.457. The summed E-state index contributed by atoms with van der Waals surface area (Å²) in [7, 11) is 0. The Labute approximate surface area is 155 Å². The Bertz CT molecular complexity index is 695. The summed E-state index contributed by atoms with van der Waals surface area (Å²) in [5, 5.41) is 1.67. The topological polar surface area (TPSA) is 54.8 Å². The van der Waals surface area contributed by atoms with E-state index in [0.29, 0.717) is 8.78 Å². The molecule has 1 atom stereocenters. The summed E-state index contributed by atoms with van der Waals surface area (Å²) in [5.41, 5.74) is -0.563. The van der Waals surface area contributed by atoms with Crippen LogP contribution in [0.2, 0.25) is 0 Å². The number of pyridine rings is 1. The van der Waals surface area contributed by atoms with Gasteiger partial charge in [0, 0.05) is 16.2 Å². The number of hydrogen-bond acceptors (Lipinski definition) is 6. The molecule has 0 N–H and O–H groups in total. The van der Waals surface area contributed by atoms with E-state index >= 15 is 0 Å². The molecule has 0 saturated carbocycles. The molecule has 5 nitrogen and oxygen atoms in total. The van der Waals surface area contributed by atoms with Gasteiger partial charge in [-0.1, -0.05) is 11.8 Å². The third kappa shape index (κ3) is 4.93. The number of aliphatic imine (C=N–C) groups is 1. The molecule has 0 radical (unpaired) electrons. The lowest BCUT2D eigenvalue weighted by molar-refractivity contribution is 0.0474. The lowest BCUT2D eigenvalue weighted by Crippen LogP contribution is -2.35. The summed E-state index contributed by atoms with van der Waals surface area (Å²) < 4.78 is 33.6. The maximum absolute atomic E-state index is 13.9. The Hall–Kier alpha value is -1.13. The van der Waals surface area contributed by atoms with Gasteiger partial charge in [0.1, 0.15) is 11.6 Å². The van der Waals surface area contributed by atoms with Gasteiger partial charge in [0.15, 0.2) is 17.5 Å². The smallest absolute Gasteiger partial charge is 0.428 e. The predicted octanol–water partition coefficient (Wildman–Crippen LogP) is 5.41. The molecule has 1 aliphatic rings. The highest BCUT2D eigenvalue weighted by atomic mass is 79.9. The van der Waals surface area contributed by atoms with Crippen molar-refractivity contribution in [2.24, 2.45) is 4.99 Å². The zero-order valence-corrected chi connectivity index (χ0v) is 16.2. The molecule has 0 saturated heterocycles. The first-order valence-electron chi connectivity index (χ1n) is 6.75. The molecule has 10 heteroatoms. The lowest BCUT2D eigenvalue weighted by atomic mass is 10.1. The SMILES string of the molecule is CC(C)(C)OC(=O)N(SF)C1=NC(c2cc(Br)cnc2F)C=CS1. The fraction of sp³-hybridized carbons (Fsp3) is 0.357. The van der Waals surface area contributed by atoms with Gasteiger partial charge in [0.05, 0.1) is 0 Å². The van der Waals surface area contributed by atoms with Crippen LogP contribution in [0.5, 0.6) is 0 Å². The van der Waals surface area contributed by atoms with Crippen LogP contribution in [0.15, 0.2) is 33.2 Å². The van der Waals surface area contributed by atoms with E-state index in [0.717, 1.165) is 11.8 Å². The van der Waals surface area contributed by atoms with Crippen molar-refractivity contribution in [2.45, 2.75) is 32.4 Å². The van der Waals surface area contributed by atoms with E-state index in [1.165, 1.54) is 12.3 Å². The van der Waals surface area contributed by atoms with Gasteiger partial charge >= 0.3 is 6.09 Å². The van der Waals surface area contributed by atoms with E-state index in [-0.39, 0.29) is 23.1 Å². The minimum atomic E-state index is -0.886. The Kier molecular flexibility index (Phi) is 6.27. The Morgan fingerprint density at radius 2 is 2.21 bits per heavy atom. The molecule has 1 amide bonds. The van der Waals surface area contributed by atoms with Crippen molar-refractivity contribution >= 4 is 51.3 Å². The van der Waals surface area contributed by atoms with Gasteiger partial charge < -0.3 is 4.74 Å². The van der Waals surface area contributed by atoms with Crippen LogP contribution in [0, 0.1) is 5.95 Å². The number of hydrogen-bond donors (Lipinski definition) is 0. The maximum atomic E-state index is 13.9. The second-order valence-corrected chi connectivity index (χ2v) is 7.97. The Morgan fingerprint density at radius 1 is 1.50 bits per heavy atom. The highest BCUT2D eigenvalue weighted by molar-refractivity contribution is 9.10. The molecule has 24 heavy (non-hydrogen) atoms. The largest absolute Gasteiger partial charge is 0.443 e. The molecule has 2 heterocycles. The molecule has 1 aliphatic heterocycles. The normalized spacial score (nSPS) is 17.4. The van der Waals surface area contributed by atoms with Crippen LogP contribution in [0.25, 0.3) is 0 Å². The molecule has 0 fully saturated rings. The van der Waals surface area contributed by atoms with Crippen LogP contribution >= 0.6 is 40.0 Å². The van der Waals surface area contributed by atoms with E-state index in [9.17, 15) is 13.1 Å². The second-order valence-electron chi connectivity index (χ2n) is 5.68. The minimum absolute atomic E-state index is 0.0589. The van der Waals surface area contributed by atoms with Crippen LogP contribution in [0.1, 0.15) is 32.4 Å². The number of thioether (sulfide) groups is 1. The zero-order valence-electron chi connectivity index (χ0n) is 13.0. The van der Waals surface area contributed by atoms with Gasteiger partial charge in [-0.3, -0.25) is 0 Å². The van der Waals surface area contributed by atoms with Crippen molar-refractivity contribution in [3.63, 3.8) is 0 Å². The Morgan fingerprint density at radius 3 is 2.83 bits per heavy atom. The Balaban J connectivity index is 2.28. The fourth-order valence-electron chi connectivity index (χ4n) is 1.73. The van der Waals surface area contributed by atoms with Gasteiger partial charge in [0.2, 0.25) is 5.95 Å². The molecule has 0 spiro atoms. The first kappa shape index (κ1) is 19.2. The molecule has 2 rings (SSSR count). The summed E-state index contributed by atoms with van der Waals surface area (Å²) in [6, 6.07) is 0.817. The van der Waals surface area contributed by atoms with Gasteiger partial charge in [-0.15, -0.1) is 3.89 Å². The van der Waals surface area contributed by atoms with Crippen molar-refractivity contribution in [2.75, 3.05) is 0 Å². The minimum Gasteiger partial charge on any atom is -0.443 e. The van der Waals surface area contributed by atoms with Crippen LogP contribution in [0.4, 0.5) is 13.1 Å². The van der Waals surface area contributed by atoms with Crippen LogP contribution in [0.3, 0.4) is 0 Å². The number of carbonyl (C=O) groups is 1. The van der Waals surface area contributed by atoms with Gasteiger partial charge in [-0.25, -0.2) is 14.8 Å². The van der Waals surface area contributed by atoms with Crippen LogP contribution in [-0.2, 0) is 4.74 Å². The summed E-state index contributed by atoms with van der Waals surface area (Å²) in [6.07, 6.45) is 2.08.